The van der Waals surface area contributed by atoms with Crippen LogP contribution in [-0.4, -0.2) is 43.8 Å². The number of benzene rings is 1. The molecule has 0 fully saturated rings. The highest BCUT2D eigenvalue weighted by atomic mass is 19.4. The summed E-state index contributed by atoms with van der Waals surface area (Å²) in [5.74, 6) is -0.997. The van der Waals surface area contributed by atoms with Gasteiger partial charge >= 0.3 is 23.4 Å². The summed E-state index contributed by atoms with van der Waals surface area (Å²) < 4.78 is 49.9. The predicted octanol–water partition coefficient (Wildman–Crippen LogP) is 3.32. The molecule has 0 amide bonds. The predicted molar refractivity (Wildman–Crippen MR) is 121 cm³/mol. The van der Waals surface area contributed by atoms with Crippen molar-refractivity contribution in [2.24, 2.45) is 7.05 Å². The molecule has 1 N–H and O–H groups in total. The van der Waals surface area contributed by atoms with Gasteiger partial charge in [-0.2, -0.15) is 13.2 Å². The van der Waals surface area contributed by atoms with E-state index in [4.69, 9.17) is 9.47 Å². The first-order chi connectivity index (χ1) is 16.4. The van der Waals surface area contributed by atoms with Gasteiger partial charge in [0, 0.05) is 20.0 Å². The minimum Gasteiger partial charge on any atom is -0.478 e. The molecule has 0 saturated carbocycles. The van der Waals surface area contributed by atoms with Gasteiger partial charge in [0.25, 0.3) is 5.88 Å². The van der Waals surface area contributed by atoms with Crippen molar-refractivity contribution in [2.75, 3.05) is 6.61 Å². The number of ether oxygens (including phenoxy) is 2. The second kappa shape index (κ2) is 11.9. The number of aromatic nitrogens is 3. The standard InChI is InChI=1S/C23H30F3N3O6/c1-4-11-22(2,20(31)32)35-17-10-5-8-16(15-17)9-6-14-34-18-19(30)29(21(33)28(3)27-18)13-7-12-23(24,25)26/h5,8,10,15H,4,6-7,9,11-14H2,1-3H3,(H,31,32). The van der Waals surface area contributed by atoms with E-state index in [1.807, 2.05) is 13.0 Å². The highest BCUT2D eigenvalue weighted by Crippen LogP contribution is 2.24. The van der Waals surface area contributed by atoms with Crippen LogP contribution in [0.3, 0.4) is 0 Å². The Bertz CT molecular complexity index is 1130. The summed E-state index contributed by atoms with van der Waals surface area (Å²) >= 11 is 0. The van der Waals surface area contributed by atoms with Gasteiger partial charge in [0.1, 0.15) is 5.75 Å². The SMILES string of the molecule is CCCC(C)(Oc1cccc(CCCOc2nn(C)c(=O)n(CCCC(F)(F)F)c2=O)c1)C(=O)O. The van der Waals surface area contributed by atoms with E-state index < -0.39 is 48.4 Å². The molecular formula is C23H30F3N3O6. The van der Waals surface area contributed by atoms with Gasteiger partial charge in [0.2, 0.25) is 5.60 Å². The maximum absolute atomic E-state index is 12.5. The Morgan fingerprint density at radius 3 is 2.51 bits per heavy atom. The molecule has 0 bridgehead atoms. The maximum Gasteiger partial charge on any atom is 0.389 e. The molecule has 0 aliphatic carbocycles. The Morgan fingerprint density at radius 2 is 1.89 bits per heavy atom. The largest absolute Gasteiger partial charge is 0.478 e. The van der Waals surface area contributed by atoms with Gasteiger partial charge in [0.05, 0.1) is 6.61 Å². The zero-order chi connectivity index (χ0) is 26.2. The number of rotatable bonds is 13. The molecule has 2 rings (SSSR count). The maximum atomic E-state index is 12.5. The second-order valence-corrected chi connectivity index (χ2v) is 8.37. The lowest BCUT2D eigenvalue weighted by Gasteiger charge is -2.26. The van der Waals surface area contributed by atoms with E-state index in [0.29, 0.717) is 36.0 Å². The van der Waals surface area contributed by atoms with Gasteiger partial charge in [-0.3, -0.25) is 9.36 Å². The summed E-state index contributed by atoms with van der Waals surface area (Å²) in [6.45, 7) is 3.06. The molecule has 0 aliphatic heterocycles. The highest BCUT2D eigenvalue weighted by molar-refractivity contribution is 5.77. The van der Waals surface area contributed by atoms with Crippen LogP contribution in [-0.2, 0) is 24.8 Å². The zero-order valence-corrected chi connectivity index (χ0v) is 19.9. The molecule has 0 spiro atoms. The third kappa shape index (κ3) is 8.15. The minimum absolute atomic E-state index is 0.0662. The Labute approximate surface area is 200 Å². The van der Waals surface area contributed by atoms with Crippen molar-refractivity contribution in [2.45, 2.75) is 70.7 Å². The third-order valence-electron chi connectivity index (χ3n) is 5.29. The van der Waals surface area contributed by atoms with E-state index in [-0.39, 0.29) is 12.5 Å². The fraction of sp³-hybridized carbons (Fsp3) is 0.565. The first-order valence-electron chi connectivity index (χ1n) is 11.3. The lowest BCUT2D eigenvalue weighted by molar-refractivity contribution is -0.154. The van der Waals surface area contributed by atoms with Crippen LogP contribution in [0, 0.1) is 0 Å². The number of alkyl halides is 3. The number of aryl methyl sites for hydroxylation is 2. The Balaban J connectivity index is 2.00. The van der Waals surface area contributed by atoms with Crippen molar-refractivity contribution in [1.29, 1.82) is 0 Å². The molecule has 9 nitrogen and oxygen atoms in total. The van der Waals surface area contributed by atoms with Crippen LogP contribution in [0.2, 0.25) is 0 Å². The molecule has 2 aromatic rings. The van der Waals surface area contributed by atoms with E-state index in [9.17, 15) is 32.7 Å². The van der Waals surface area contributed by atoms with Crippen molar-refractivity contribution in [3.63, 3.8) is 0 Å². The number of carboxylic acid groups (broad SMARTS) is 1. The molecule has 1 atom stereocenters. The zero-order valence-electron chi connectivity index (χ0n) is 19.9. The van der Waals surface area contributed by atoms with Gasteiger partial charge in [-0.25, -0.2) is 14.3 Å². The number of hydrogen-bond donors (Lipinski definition) is 1. The lowest BCUT2D eigenvalue weighted by Crippen LogP contribution is -2.41. The minimum atomic E-state index is -4.38. The average Bonchev–Trinajstić information content (AvgIpc) is 2.76. The second-order valence-electron chi connectivity index (χ2n) is 8.37. The summed E-state index contributed by atoms with van der Waals surface area (Å²) in [5, 5.41) is 13.3. The van der Waals surface area contributed by atoms with Crippen LogP contribution < -0.4 is 20.7 Å². The molecule has 1 unspecified atom stereocenters. The van der Waals surface area contributed by atoms with Gasteiger partial charge in [-0.15, -0.1) is 5.10 Å². The first kappa shape index (κ1) is 27.9. The van der Waals surface area contributed by atoms with E-state index in [1.54, 1.807) is 18.2 Å². The van der Waals surface area contributed by atoms with Crippen LogP contribution in [0.25, 0.3) is 0 Å². The van der Waals surface area contributed by atoms with E-state index in [1.165, 1.54) is 14.0 Å². The van der Waals surface area contributed by atoms with E-state index >= 15 is 0 Å². The highest BCUT2D eigenvalue weighted by Gasteiger charge is 2.34. The smallest absolute Gasteiger partial charge is 0.389 e. The summed E-state index contributed by atoms with van der Waals surface area (Å²) in [7, 11) is 1.28. The van der Waals surface area contributed by atoms with Crippen LogP contribution >= 0.6 is 0 Å². The van der Waals surface area contributed by atoms with Gasteiger partial charge in [-0.1, -0.05) is 25.5 Å². The molecule has 1 heterocycles. The molecule has 35 heavy (non-hydrogen) atoms. The Hall–Kier alpha value is -3.31. The fourth-order valence-corrected chi connectivity index (χ4v) is 3.47. The van der Waals surface area contributed by atoms with Crippen molar-refractivity contribution >= 4 is 5.97 Å². The van der Waals surface area contributed by atoms with Crippen LogP contribution in [0.15, 0.2) is 33.9 Å². The quantitative estimate of drug-likeness (QED) is 0.419. The van der Waals surface area contributed by atoms with Crippen LogP contribution in [0.1, 0.15) is 51.5 Å². The van der Waals surface area contributed by atoms with Crippen molar-refractivity contribution in [3.8, 4) is 11.6 Å². The molecule has 194 valence electrons. The summed E-state index contributed by atoms with van der Waals surface area (Å²) in [4.78, 5) is 36.2. The number of nitrogens with zero attached hydrogens (tertiary/aromatic N) is 3. The van der Waals surface area contributed by atoms with Crippen LogP contribution in [0.5, 0.6) is 11.6 Å². The summed E-state index contributed by atoms with van der Waals surface area (Å²) in [6, 6.07) is 6.98. The number of hydrogen-bond acceptors (Lipinski definition) is 6. The average molecular weight is 502 g/mol. The Kier molecular flexibility index (Phi) is 9.49. The normalized spacial score (nSPS) is 13.3. The fourth-order valence-electron chi connectivity index (χ4n) is 3.47. The third-order valence-corrected chi connectivity index (χ3v) is 5.29. The summed E-state index contributed by atoms with van der Waals surface area (Å²) in [6.07, 6.45) is -3.96. The molecule has 12 heteroatoms. The topological polar surface area (TPSA) is 113 Å². The molecule has 0 radical (unpaired) electrons. The van der Waals surface area contributed by atoms with Crippen molar-refractivity contribution < 1.29 is 32.5 Å². The molecule has 0 aliphatic rings. The number of carbonyl (C=O) groups is 1. The van der Waals surface area contributed by atoms with Gasteiger partial charge in [-0.05, 0) is 50.3 Å². The van der Waals surface area contributed by atoms with Crippen LogP contribution in [0.4, 0.5) is 13.2 Å². The molecule has 0 saturated heterocycles. The number of halogens is 3. The monoisotopic (exact) mass is 501 g/mol. The van der Waals surface area contributed by atoms with E-state index in [0.717, 1.165) is 10.2 Å². The van der Waals surface area contributed by atoms with Crippen molar-refractivity contribution in [1.82, 2.24) is 14.3 Å². The van der Waals surface area contributed by atoms with Crippen molar-refractivity contribution in [3.05, 3.63) is 50.7 Å². The molecule has 1 aromatic heterocycles. The summed E-state index contributed by atoms with van der Waals surface area (Å²) in [5.41, 5.74) is -2.19. The van der Waals surface area contributed by atoms with E-state index in [2.05, 4.69) is 5.10 Å². The van der Waals surface area contributed by atoms with Gasteiger partial charge < -0.3 is 14.6 Å². The number of aliphatic carboxylic acids is 1. The molecular weight excluding hydrogens is 471 g/mol. The first-order valence-corrected chi connectivity index (χ1v) is 11.3. The Morgan fingerprint density at radius 1 is 1.17 bits per heavy atom. The van der Waals surface area contributed by atoms with Gasteiger partial charge in [0.15, 0.2) is 0 Å². The number of carboxylic acids is 1. The molecule has 1 aromatic carbocycles. The lowest BCUT2D eigenvalue weighted by atomic mass is 10.0.